The number of aromatic nitrogens is 6. The summed E-state index contributed by atoms with van der Waals surface area (Å²) >= 11 is 0. The summed E-state index contributed by atoms with van der Waals surface area (Å²) < 4.78 is 9.86. The number of aliphatic hydroxyl groups is 1. The van der Waals surface area contributed by atoms with Gasteiger partial charge in [-0.2, -0.15) is 5.10 Å². The minimum absolute atomic E-state index is 0.197. The molecule has 6 rings (SSSR count). The molecule has 1 aliphatic heterocycles. The molecule has 4 aromatic heterocycles. The van der Waals surface area contributed by atoms with E-state index in [1.165, 1.54) is 6.33 Å². The van der Waals surface area contributed by atoms with Crippen molar-refractivity contribution in [2.24, 2.45) is 7.05 Å². The van der Waals surface area contributed by atoms with Crippen molar-refractivity contribution in [3.8, 4) is 11.3 Å². The van der Waals surface area contributed by atoms with Crippen molar-refractivity contribution in [2.45, 2.75) is 39.0 Å². The van der Waals surface area contributed by atoms with Gasteiger partial charge in [0.1, 0.15) is 35.9 Å². The van der Waals surface area contributed by atoms with Crippen molar-refractivity contribution in [3.05, 3.63) is 55.1 Å². The number of amides is 1. The Kier molecular flexibility index (Phi) is 8.92. The molecule has 1 fully saturated rings. The van der Waals surface area contributed by atoms with Gasteiger partial charge in [-0.15, -0.1) is 0 Å². The van der Waals surface area contributed by atoms with E-state index in [4.69, 9.17) is 15.6 Å². The molecule has 1 amide bonds. The normalized spacial score (nSPS) is 16.1. The molecule has 1 aliphatic rings. The second-order valence-corrected chi connectivity index (χ2v) is 8.78. The van der Waals surface area contributed by atoms with Crippen molar-refractivity contribution in [3.63, 3.8) is 0 Å². The van der Waals surface area contributed by atoms with Gasteiger partial charge in [-0.05, 0) is 43.2 Å². The average molecular weight is 546 g/mol. The number of nitrogens with two attached hydrogens (primary N) is 1. The number of rotatable bonds is 5. The Hall–Kier alpha value is -4.55. The minimum atomic E-state index is -0.600. The number of aryl methyl sites for hydroxylation is 1. The first kappa shape index (κ1) is 28.5. The molecule has 2 unspecified atom stereocenters. The van der Waals surface area contributed by atoms with Crippen molar-refractivity contribution in [1.29, 1.82) is 0 Å². The van der Waals surface area contributed by atoms with E-state index < -0.39 is 6.10 Å². The number of aliphatic hydroxyl groups excluding tert-OH is 1. The highest BCUT2D eigenvalue weighted by Gasteiger charge is 2.33. The van der Waals surface area contributed by atoms with Gasteiger partial charge in [-0.3, -0.25) is 9.48 Å². The van der Waals surface area contributed by atoms with Gasteiger partial charge in [0.2, 0.25) is 0 Å². The number of carbonyl (C=O) groups is 1. The Morgan fingerprint density at radius 2 is 1.90 bits per heavy atom. The highest BCUT2D eigenvalue weighted by atomic mass is 16.5. The van der Waals surface area contributed by atoms with E-state index in [2.05, 4.69) is 30.7 Å². The average Bonchev–Trinajstić information content (AvgIpc) is 3.74. The largest absolute Gasteiger partial charge is 0.400 e. The Labute approximate surface area is 232 Å². The highest BCUT2D eigenvalue weighted by Crippen LogP contribution is 2.37. The molecule has 0 bridgehead atoms. The van der Waals surface area contributed by atoms with E-state index >= 15 is 0 Å². The third-order valence-corrected chi connectivity index (χ3v) is 6.44. The maximum atomic E-state index is 13.1. The third kappa shape index (κ3) is 5.58. The van der Waals surface area contributed by atoms with E-state index in [9.17, 15) is 4.79 Å². The SMILES string of the molecule is CC.CNc1ccc2ccc(NC(=O)C3CCC(n4cc(-c5ccn(C)n5)c5c(N)ncnc54)O3)cc2n1.CO. The number of pyridine rings is 1. The predicted molar refractivity (Wildman–Crippen MR) is 157 cm³/mol. The standard InChI is InChI=1S/C25H25N9O2.C2H6.CH4O/c1-27-20-7-4-14-3-5-15(11-18(14)31-20)30-25(35)19-6-8-21(36-19)34-12-16(17-9-10-33(2)32-17)22-23(26)28-13-29-24(22)34;2*1-2/h3-5,7,9-13,19,21H,6,8H2,1-2H3,(H,27,31)(H,30,35)(H2,26,28,29);1-2H3;2H,1H3. The van der Waals surface area contributed by atoms with Gasteiger partial charge < -0.3 is 30.8 Å². The van der Waals surface area contributed by atoms with E-state index in [0.717, 1.165) is 40.5 Å². The molecular weight excluding hydrogens is 510 g/mol. The van der Waals surface area contributed by atoms with Gasteiger partial charge in [0.05, 0.1) is 16.6 Å². The van der Waals surface area contributed by atoms with Crippen LogP contribution in [0, 0.1) is 0 Å². The number of hydrogen-bond donors (Lipinski definition) is 4. The van der Waals surface area contributed by atoms with Crippen LogP contribution in [-0.2, 0) is 16.6 Å². The van der Waals surface area contributed by atoms with Crippen LogP contribution in [0.2, 0.25) is 0 Å². The number of ether oxygens (including phenoxy) is 1. The summed E-state index contributed by atoms with van der Waals surface area (Å²) in [4.78, 5) is 26.2. The van der Waals surface area contributed by atoms with Gasteiger partial charge in [-0.1, -0.05) is 19.9 Å². The zero-order valence-electron chi connectivity index (χ0n) is 23.3. The number of anilines is 3. The van der Waals surface area contributed by atoms with Crippen molar-refractivity contribution in [2.75, 3.05) is 30.5 Å². The lowest BCUT2D eigenvalue weighted by Crippen LogP contribution is -2.27. The lowest BCUT2D eigenvalue weighted by molar-refractivity contribution is -0.128. The summed E-state index contributed by atoms with van der Waals surface area (Å²) in [6.07, 6.45) is 5.49. The third-order valence-electron chi connectivity index (χ3n) is 6.44. The lowest BCUT2D eigenvalue weighted by atomic mass is 10.2. The molecule has 210 valence electrons. The Morgan fingerprint density at radius 3 is 2.62 bits per heavy atom. The summed E-state index contributed by atoms with van der Waals surface area (Å²) in [5.41, 5.74) is 9.92. The van der Waals surface area contributed by atoms with Crippen LogP contribution in [0.15, 0.2) is 55.1 Å². The second-order valence-electron chi connectivity index (χ2n) is 8.78. The molecule has 12 heteroatoms. The van der Waals surface area contributed by atoms with Gasteiger partial charge >= 0.3 is 0 Å². The van der Waals surface area contributed by atoms with Gasteiger partial charge in [0.15, 0.2) is 0 Å². The zero-order valence-corrected chi connectivity index (χ0v) is 23.3. The Morgan fingerprint density at radius 1 is 1.12 bits per heavy atom. The molecular formula is C28H35N9O3. The van der Waals surface area contributed by atoms with Crippen LogP contribution >= 0.6 is 0 Å². The molecule has 12 nitrogen and oxygen atoms in total. The quantitative estimate of drug-likeness (QED) is 0.256. The van der Waals surface area contributed by atoms with Crippen molar-refractivity contribution >= 4 is 45.2 Å². The fraction of sp³-hybridized carbons (Fsp3) is 0.321. The molecule has 0 saturated carbocycles. The van der Waals surface area contributed by atoms with Gasteiger partial charge in [0.25, 0.3) is 5.91 Å². The fourth-order valence-electron chi connectivity index (χ4n) is 4.65. The first-order valence-electron chi connectivity index (χ1n) is 13.1. The molecule has 0 aliphatic carbocycles. The monoisotopic (exact) mass is 545 g/mol. The van der Waals surface area contributed by atoms with Crippen LogP contribution < -0.4 is 16.4 Å². The topological polar surface area (TPSA) is 158 Å². The number of fused-ring (bicyclic) bond motifs is 2. The summed E-state index contributed by atoms with van der Waals surface area (Å²) in [6, 6.07) is 11.5. The van der Waals surface area contributed by atoms with Crippen LogP contribution in [0.25, 0.3) is 33.2 Å². The van der Waals surface area contributed by atoms with Crippen LogP contribution in [0.3, 0.4) is 0 Å². The molecule has 5 N–H and O–H groups in total. The lowest BCUT2D eigenvalue weighted by Gasteiger charge is -2.16. The predicted octanol–water partition coefficient (Wildman–Crippen LogP) is 3.95. The van der Waals surface area contributed by atoms with Crippen LogP contribution in [-0.4, -0.2) is 60.6 Å². The smallest absolute Gasteiger partial charge is 0.253 e. The molecule has 1 saturated heterocycles. The number of hydrogen-bond acceptors (Lipinski definition) is 9. The summed E-state index contributed by atoms with van der Waals surface area (Å²) in [6.45, 7) is 4.00. The van der Waals surface area contributed by atoms with E-state index in [-0.39, 0.29) is 12.1 Å². The maximum Gasteiger partial charge on any atom is 0.253 e. The van der Waals surface area contributed by atoms with E-state index in [1.54, 1.807) is 4.68 Å². The Balaban J connectivity index is 0.000000886. The minimum Gasteiger partial charge on any atom is -0.400 e. The number of nitrogens with zero attached hydrogens (tertiary/aromatic N) is 6. The number of nitrogen functional groups attached to an aromatic ring is 1. The maximum absolute atomic E-state index is 13.1. The van der Waals surface area contributed by atoms with Gasteiger partial charge in [0, 0.05) is 50.2 Å². The second kappa shape index (κ2) is 12.5. The van der Waals surface area contributed by atoms with E-state index in [0.29, 0.717) is 30.0 Å². The summed E-state index contributed by atoms with van der Waals surface area (Å²) in [5.74, 6) is 0.941. The molecule has 0 spiro atoms. The molecule has 0 radical (unpaired) electrons. The highest BCUT2D eigenvalue weighted by molar-refractivity contribution is 6.00. The van der Waals surface area contributed by atoms with Gasteiger partial charge in [-0.25, -0.2) is 15.0 Å². The molecule has 1 aromatic carbocycles. The zero-order chi connectivity index (χ0) is 28.8. The van der Waals surface area contributed by atoms with Crippen LogP contribution in [0.4, 0.5) is 17.3 Å². The van der Waals surface area contributed by atoms with Crippen molar-refractivity contribution < 1.29 is 14.6 Å². The van der Waals surface area contributed by atoms with E-state index in [1.807, 2.05) is 81.3 Å². The number of nitrogens with one attached hydrogen (secondary N) is 2. The molecule has 40 heavy (non-hydrogen) atoms. The first-order valence-corrected chi connectivity index (χ1v) is 13.1. The summed E-state index contributed by atoms with van der Waals surface area (Å²) in [5, 5.41) is 19.2. The van der Waals surface area contributed by atoms with Crippen LogP contribution in [0.5, 0.6) is 0 Å². The molecule has 2 atom stereocenters. The molecule has 5 heterocycles. The number of benzene rings is 1. The first-order chi connectivity index (χ1) is 19.5. The fourth-order valence-corrected chi connectivity index (χ4v) is 4.65. The Bertz CT molecular complexity index is 1610. The molecule has 5 aromatic rings. The summed E-state index contributed by atoms with van der Waals surface area (Å²) in [7, 11) is 4.68. The van der Waals surface area contributed by atoms with Crippen LogP contribution in [0.1, 0.15) is 32.9 Å². The van der Waals surface area contributed by atoms with Crippen molar-refractivity contribution in [1.82, 2.24) is 29.3 Å². The number of carbonyl (C=O) groups excluding carboxylic acids is 1.